The van der Waals surface area contributed by atoms with E-state index in [1.54, 1.807) is 0 Å². The average molecular weight is 287 g/mol. The Hall–Kier alpha value is -0.540. The minimum Gasteiger partial charge on any atom is -0.491 e. The number of halogens is 1. The van der Waals surface area contributed by atoms with Crippen LogP contribution in [0.2, 0.25) is 0 Å². The van der Waals surface area contributed by atoms with Crippen LogP contribution in [0.15, 0.2) is 22.7 Å². The summed E-state index contributed by atoms with van der Waals surface area (Å²) in [5, 5.41) is 0. The summed E-state index contributed by atoms with van der Waals surface area (Å²) in [5.74, 6) is 0.933. The second kappa shape index (κ2) is 7.69. The maximum atomic E-state index is 5.63. The maximum absolute atomic E-state index is 5.63. The molecule has 90 valence electrons. The van der Waals surface area contributed by atoms with Gasteiger partial charge >= 0.3 is 0 Å². The molecule has 0 fully saturated rings. The Labute approximate surface area is 106 Å². The lowest BCUT2D eigenvalue weighted by Gasteiger charge is -2.09. The van der Waals surface area contributed by atoms with Crippen molar-refractivity contribution in [3.8, 4) is 5.75 Å². The number of aryl methyl sites for hydroxylation is 1. The first kappa shape index (κ1) is 13.5. The fourth-order valence-corrected chi connectivity index (χ4v) is 1.81. The number of hydrogen-bond acceptors (Lipinski definition) is 2. The summed E-state index contributed by atoms with van der Waals surface area (Å²) >= 11 is 3.43. The van der Waals surface area contributed by atoms with Gasteiger partial charge < -0.3 is 9.47 Å². The molecule has 3 heteroatoms. The summed E-state index contributed by atoms with van der Waals surface area (Å²) in [6.45, 7) is 6.31. The third-order valence-corrected chi connectivity index (χ3v) is 2.76. The molecule has 0 aliphatic rings. The molecule has 0 spiro atoms. The van der Waals surface area contributed by atoms with Gasteiger partial charge in [0.15, 0.2) is 0 Å². The summed E-state index contributed by atoms with van der Waals surface area (Å²) in [7, 11) is 0. The van der Waals surface area contributed by atoms with Gasteiger partial charge in [0.25, 0.3) is 0 Å². The summed E-state index contributed by atoms with van der Waals surface area (Å²) < 4.78 is 12.1. The number of rotatable bonds is 7. The summed E-state index contributed by atoms with van der Waals surface area (Å²) in [6, 6.07) is 6.01. The molecule has 1 rings (SSSR count). The Kier molecular flexibility index (Phi) is 6.50. The van der Waals surface area contributed by atoms with Crippen LogP contribution in [-0.4, -0.2) is 19.8 Å². The molecule has 2 nitrogen and oxygen atoms in total. The molecule has 0 saturated carbocycles. The molecule has 0 saturated heterocycles. The van der Waals surface area contributed by atoms with E-state index in [4.69, 9.17) is 9.47 Å². The molecule has 0 amide bonds. The second-order valence-corrected chi connectivity index (χ2v) is 4.64. The lowest BCUT2D eigenvalue weighted by molar-refractivity contribution is 0.0978. The van der Waals surface area contributed by atoms with Gasteiger partial charge in [-0.1, -0.05) is 29.3 Å². The fourth-order valence-electron chi connectivity index (χ4n) is 1.33. The monoisotopic (exact) mass is 286 g/mol. The van der Waals surface area contributed by atoms with Crippen molar-refractivity contribution in [1.29, 1.82) is 0 Å². The normalized spacial score (nSPS) is 10.4. The predicted molar refractivity (Wildman–Crippen MR) is 70.1 cm³/mol. The van der Waals surface area contributed by atoms with Gasteiger partial charge in [0.1, 0.15) is 12.4 Å². The van der Waals surface area contributed by atoms with Crippen LogP contribution in [0.5, 0.6) is 5.75 Å². The van der Waals surface area contributed by atoms with Crippen molar-refractivity contribution >= 4 is 15.9 Å². The van der Waals surface area contributed by atoms with Crippen LogP contribution in [0.4, 0.5) is 0 Å². The minimum atomic E-state index is 0.617. The van der Waals surface area contributed by atoms with Gasteiger partial charge in [0.05, 0.1) is 6.61 Å². The Morgan fingerprint density at radius 2 is 2.00 bits per heavy atom. The highest BCUT2D eigenvalue weighted by atomic mass is 79.9. The number of ether oxygens (including phenoxy) is 2. The van der Waals surface area contributed by atoms with E-state index in [2.05, 4.69) is 22.9 Å². The number of unbranched alkanes of at least 4 members (excludes halogenated alkanes) is 1. The molecule has 0 bridgehead atoms. The van der Waals surface area contributed by atoms with E-state index >= 15 is 0 Å². The fraction of sp³-hybridized carbons (Fsp3) is 0.538. The predicted octanol–water partition coefficient (Wildman–Crippen LogP) is 3.95. The maximum Gasteiger partial charge on any atom is 0.122 e. The molecular weight excluding hydrogens is 268 g/mol. The molecular formula is C13H19BrO2. The summed E-state index contributed by atoms with van der Waals surface area (Å²) in [5.41, 5.74) is 1.14. The van der Waals surface area contributed by atoms with E-state index in [9.17, 15) is 0 Å². The third kappa shape index (κ3) is 4.99. The highest BCUT2D eigenvalue weighted by molar-refractivity contribution is 9.10. The molecule has 1 aromatic carbocycles. The van der Waals surface area contributed by atoms with Crippen LogP contribution in [0.25, 0.3) is 0 Å². The van der Waals surface area contributed by atoms with Gasteiger partial charge in [-0.3, -0.25) is 0 Å². The van der Waals surface area contributed by atoms with Gasteiger partial charge in [-0.25, -0.2) is 0 Å². The molecule has 0 radical (unpaired) electrons. The first-order valence-electron chi connectivity index (χ1n) is 5.70. The zero-order chi connectivity index (χ0) is 11.8. The van der Waals surface area contributed by atoms with E-state index in [1.807, 2.05) is 25.1 Å². The zero-order valence-corrected chi connectivity index (χ0v) is 11.5. The lowest BCUT2D eigenvalue weighted by Crippen LogP contribution is -2.08. The third-order valence-electron chi connectivity index (χ3n) is 2.26. The van der Waals surface area contributed by atoms with E-state index < -0.39 is 0 Å². The molecule has 0 aliphatic heterocycles. The van der Waals surface area contributed by atoms with E-state index in [0.29, 0.717) is 13.2 Å². The molecule has 0 N–H and O–H groups in total. The van der Waals surface area contributed by atoms with Gasteiger partial charge in [-0.05, 0) is 37.1 Å². The smallest absolute Gasteiger partial charge is 0.122 e. The topological polar surface area (TPSA) is 18.5 Å². The van der Waals surface area contributed by atoms with Crippen LogP contribution >= 0.6 is 15.9 Å². The van der Waals surface area contributed by atoms with Gasteiger partial charge in [0, 0.05) is 11.1 Å². The van der Waals surface area contributed by atoms with Gasteiger partial charge in [0.2, 0.25) is 0 Å². The van der Waals surface area contributed by atoms with Crippen LogP contribution in [0.3, 0.4) is 0 Å². The molecule has 0 unspecified atom stereocenters. The van der Waals surface area contributed by atoms with Crippen molar-refractivity contribution in [2.75, 3.05) is 19.8 Å². The highest BCUT2D eigenvalue weighted by Crippen LogP contribution is 2.21. The SMILES string of the molecule is CCCCOCCOc1ccc(Br)cc1C. The molecule has 16 heavy (non-hydrogen) atoms. The van der Waals surface area contributed by atoms with Crippen LogP contribution in [0.1, 0.15) is 25.3 Å². The molecule has 0 aromatic heterocycles. The summed E-state index contributed by atoms with van der Waals surface area (Å²) in [4.78, 5) is 0. The van der Waals surface area contributed by atoms with E-state index in [-0.39, 0.29) is 0 Å². The van der Waals surface area contributed by atoms with Crippen LogP contribution in [0, 0.1) is 6.92 Å². The zero-order valence-electron chi connectivity index (χ0n) is 9.96. The standard InChI is InChI=1S/C13H19BrO2/c1-3-4-7-15-8-9-16-13-6-5-12(14)10-11(13)2/h5-6,10H,3-4,7-9H2,1-2H3. The van der Waals surface area contributed by atoms with Crippen molar-refractivity contribution in [3.05, 3.63) is 28.2 Å². The first-order valence-corrected chi connectivity index (χ1v) is 6.50. The van der Waals surface area contributed by atoms with Crippen molar-refractivity contribution < 1.29 is 9.47 Å². The van der Waals surface area contributed by atoms with Crippen molar-refractivity contribution in [3.63, 3.8) is 0 Å². The van der Waals surface area contributed by atoms with Crippen molar-refractivity contribution in [2.45, 2.75) is 26.7 Å². The van der Waals surface area contributed by atoms with Crippen LogP contribution < -0.4 is 4.74 Å². The second-order valence-electron chi connectivity index (χ2n) is 3.72. The Bertz CT molecular complexity index is 313. The summed E-state index contributed by atoms with van der Waals surface area (Å²) in [6.07, 6.45) is 2.30. The minimum absolute atomic E-state index is 0.617. The molecule has 0 heterocycles. The number of hydrogen-bond donors (Lipinski definition) is 0. The van der Waals surface area contributed by atoms with Gasteiger partial charge in [-0.2, -0.15) is 0 Å². The Morgan fingerprint density at radius 3 is 2.69 bits per heavy atom. The molecule has 1 aromatic rings. The van der Waals surface area contributed by atoms with Gasteiger partial charge in [-0.15, -0.1) is 0 Å². The van der Waals surface area contributed by atoms with E-state index in [0.717, 1.165) is 28.8 Å². The Balaban J connectivity index is 2.21. The highest BCUT2D eigenvalue weighted by Gasteiger charge is 1.99. The van der Waals surface area contributed by atoms with Crippen molar-refractivity contribution in [1.82, 2.24) is 0 Å². The van der Waals surface area contributed by atoms with Crippen molar-refractivity contribution in [2.24, 2.45) is 0 Å². The lowest BCUT2D eigenvalue weighted by atomic mass is 10.2. The van der Waals surface area contributed by atoms with E-state index in [1.165, 1.54) is 6.42 Å². The first-order chi connectivity index (χ1) is 7.74. The molecule has 0 aliphatic carbocycles. The average Bonchev–Trinajstić information content (AvgIpc) is 2.26. The quantitative estimate of drug-likeness (QED) is 0.707. The largest absolute Gasteiger partial charge is 0.491 e. The Morgan fingerprint density at radius 1 is 1.19 bits per heavy atom. The van der Waals surface area contributed by atoms with Crippen LogP contribution in [-0.2, 0) is 4.74 Å². The molecule has 0 atom stereocenters. The number of benzene rings is 1.